The second-order valence-electron chi connectivity index (χ2n) is 4.88. The number of hydrogen-bond acceptors (Lipinski definition) is 2. The molecule has 0 atom stereocenters. The van der Waals surface area contributed by atoms with Gasteiger partial charge in [0.1, 0.15) is 5.75 Å². The van der Waals surface area contributed by atoms with Crippen molar-refractivity contribution in [3.8, 4) is 5.75 Å². The molecule has 0 aliphatic heterocycles. The van der Waals surface area contributed by atoms with Crippen LogP contribution in [0.4, 0.5) is 0 Å². The molecule has 0 bridgehead atoms. The van der Waals surface area contributed by atoms with Gasteiger partial charge in [0.05, 0.1) is 7.11 Å². The summed E-state index contributed by atoms with van der Waals surface area (Å²) in [6, 6.07) is 6.15. The number of methoxy groups -OCH3 is 1. The zero-order valence-corrected chi connectivity index (χ0v) is 12.8. The molecule has 0 N–H and O–H groups in total. The summed E-state index contributed by atoms with van der Waals surface area (Å²) in [5.74, 6) is 1.71. The molecule has 0 aliphatic rings. The summed E-state index contributed by atoms with van der Waals surface area (Å²) in [7, 11) is 3.88. The molecular formula is C14H22BrNO. The lowest BCUT2D eigenvalue weighted by Gasteiger charge is -2.19. The van der Waals surface area contributed by atoms with Gasteiger partial charge in [-0.15, -0.1) is 0 Å². The highest BCUT2D eigenvalue weighted by Gasteiger charge is 2.07. The Morgan fingerprint density at radius 2 is 2.06 bits per heavy atom. The molecule has 0 unspecified atom stereocenters. The number of benzene rings is 1. The minimum Gasteiger partial charge on any atom is -0.496 e. The van der Waals surface area contributed by atoms with E-state index in [0.29, 0.717) is 0 Å². The minimum absolute atomic E-state index is 0.752. The van der Waals surface area contributed by atoms with E-state index in [1.165, 1.54) is 12.0 Å². The maximum atomic E-state index is 5.38. The molecule has 0 radical (unpaired) electrons. The van der Waals surface area contributed by atoms with Gasteiger partial charge in [0, 0.05) is 16.6 Å². The third-order valence-corrected chi connectivity index (χ3v) is 3.26. The van der Waals surface area contributed by atoms with Crippen LogP contribution in [0.5, 0.6) is 5.75 Å². The van der Waals surface area contributed by atoms with Crippen molar-refractivity contribution >= 4 is 15.9 Å². The predicted molar refractivity (Wildman–Crippen MR) is 76.5 cm³/mol. The molecule has 1 aromatic rings. The van der Waals surface area contributed by atoms with Crippen LogP contribution in [-0.4, -0.2) is 25.6 Å². The summed E-state index contributed by atoms with van der Waals surface area (Å²) >= 11 is 3.50. The van der Waals surface area contributed by atoms with Gasteiger partial charge in [-0.2, -0.15) is 0 Å². The van der Waals surface area contributed by atoms with Gasteiger partial charge in [-0.3, -0.25) is 0 Å². The highest BCUT2D eigenvalue weighted by atomic mass is 79.9. The lowest BCUT2D eigenvalue weighted by Crippen LogP contribution is -2.20. The van der Waals surface area contributed by atoms with Crippen LogP contribution in [0.25, 0.3) is 0 Å². The Balaban J connectivity index is 2.63. The number of ether oxygens (including phenoxy) is 1. The van der Waals surface area contributed by atoms with Crippen LogP contribution in [0.2, 0.25) is 0 Å². The molecule has 1 aromatic carbocycles. The summed E-state index contributed by atoms with van der Waals surface area (Å²) in [6.07, 6.45) is 1.23. The Bertz CT molecular complexity index is 352. The third-order valence-electron chi connectivity index (χ3n) is 2.77. The summed E-state index contributed by atoms with van der Waals surface area (Å²) in [5.41, 5.74) is 1.23. The zero-order valence-electron chi connectivity index (χ0n) is 11.2. The van der Waals surface area contributed by atoms with E-state index in [-0.39, 0.29) is 0 Å². The quantitative estimate of drug-likeness (QED) is 0.789. The van der Waals surface area contributed by atoms with Gasteiger partial charge >= 0.3 is 0 Å². The van der Waals surface area contributed by atoms with E-state index in [1.807, 2.05) is 12.1 Å². The number of halogens is 1. The lowest BCUT2D eigenvalue weighted by atomic mass is 10.1. The van der Waals surface area contributed by atoms with E-state index in [0.717, 1.165) is 29.2 Å². The first-order chi connectivity index (χ1) is 8.02. The third kappa shape index (κ3) is 5.09. The number of hydrogen-bond donors (Lipinski definition) is 0. The minimum atomic E-state index is 0.752. The van der Waals surface area contributed by atoms with E-state index in [2.05, 4.69) is 47.8 Å². The fraction of sp³-hybridized carbons (Fsp3) is 0.571. The lowest BCUT2D eigenvalue weighted by molar-refractivity contribution is 0.297. The molecule has 0 saturated carbocycles. The molecule has 0 amide bonds. The highest BCUT2D eigenvalue weighted by molar-refractivity contribution is 9.10. The second kappa shape index (κ2) is 7.02. The largest absolute Gasteiger partial charge is 0.496 e. The van der Waals surface area contributed by atoms with E-state index in [1.54, 1.807) is 7.11 Å². The van der Waals surface area contributed by atoms with Crippen LogP contribution in [0.1, 0.15) is 25.8 Å². The fourth-order valence-electron chi connectivity index (χ4n) is 1.72. The molecular weight excluding hydrogens is 278 g/mol. The predicted octanol–water partition coefficient (Wildman–Crippen LogP) is 3.94. The molecule has 96 valence electrons. The van der Waals surface area contributed by atoms with Gasteiger partial charge in [-0.25, -0.2) is 0 Å². The van der Waals surface area contributed by atoms with Crippen LogP contribution in [0, 0.1) is 5.92 Å². The molecule has 0 heterocycles. The van der Waals surface area contributed by atoms with Crippen LogP contribution >= 0.6 is 15.9 Å². The van der Waals surface area contributed by atoms with Crippen molar-refractivity contribution in [3.05, 3.63) is 28.2 Å². The molecule has 2 nitrogen and oxygen atoms in total. The zero-order chi connectivity index (χ0) is 12.8. The second-order valence-corrected chi connectivity index (χ2v) is 5.79. The highest BCUT2D eigenvalue weighted by Crippen LogP contribution is 2.24. The molecule has 17 heavy (non-hydrogen) atoms. The van der Waals surface area contributed by atoms with Gasteiger partial charge in [-0.1, -0.05) is 29.8 Å². The van der Waals surface area contributed by atoms with Crippen molar-refractivity contribution in [1.29, 1.82) is 0 Å². The summed E-state index contributed by atoms with van der Waals surface area (Å²) in [4.78, 5) is 2.34. The van der Waals surface area contributed by atoms with Crippen molar-refractivity contribution < 1.29 is 4.74 Å². The van der Waals surface area contributed by atoms with Crippen LogP contribution in [-0.2, 0) is 6.54 Å². The molecule has 0 saturated heterocycles. The number of nitrogens with zero attached hydrogens (tertiary/aromatic N) is 1. The van der Waals surface area contributed by atoms with E-state index < -0.39 is 0 Å². The van der Waals surface area contributed by atoms with Gasteiger partial charge in [0.15, 0.2) is 0 Å². The molecule has 0 aromatic heterocycles. The normalized spacial score (nSPS) is 11.2. The maximum absolute atomic E-state index is 5.38. The SMILES string of the molecule is COc1ccc(Br)cc1CN(C)CCC(C)C. The molecule has 1 rings (SSSR count). The Labute approximate surface area is 113 Å². The first-order valence-electron chi connectivity index (χ1n) is 6.04. The summed E-state index contributed by atoms with van der Waals surface area (Å²) in [5, 5.41) is 0. The van der Waals surface area contributed by atoms with E-state index >= 15 is 0 Å². The Morgan fingerprint density at radius 1 is 1.35 bits per heavy atom. The van der Waals surface area contributed by atoms with Crippen molar-refractivity contribution in [2.24, 2.45) is 5.92 Å². The monoisotopic (exact) mass is 299 g/mol. The molecule has 0 fully saturated rings. The van der Waals surface area contributed by atoms with Crippen molar-refractivity contribution in [2.75, 3.05) is 20.7 Å². The van der Waals surface area contributed by atoms with Crippen LogP contribution < -0.4 is 4.74 Å². The molecule has 0 spiro atoms. The molecule has 0 aliphatic carbocycles. The van der Waals surface area contributed by atoms with E-state index in [4.69, 9.17) is 4.74 Å². The average molecular weight is 300 g/mol. The van der Waals surface area contributed by atoms with Gasteiger partial charge < -0.3 is 9.64 Å². The van der Waals surface area contributed by atoms with Crippen molar-refractivity contribution in [3.63, 3.8) is 0 Å². The van der Waals surface area contributed by atoms with Crippen LogP contribution in [0.15, 0.2) is 22.7 Å². The average Bonchev–Trinajstić information content (AvgIpc) is 2.27. The first kappa shape index (κ1) is 14.5. The maximum Gasteiger partial charge on any atom is 0.123 e. The van der Waals surface area contributed by atoms with Crippen LogP contribution in [0.3, 0.4) is 0 Å². The number of rotatable bonds is 6. The molecule has 3 heteroatoms. The standard InChI is InChI=1S/C14H22BrNO/c1-11(2)7-8-16(3)10-12-9-13(15)5-6-14(12)17-4/h5-6,9,11H,7-8,10H2,1-4H3. The fourth-order valence-corrected chi connectivity index (χ4v) is 2.13. The summed E-state index contributed by atoms with van der Waals surface area (Å²) in [6.45, 7) is 6.56. The summed E-state index contributed by atoms with van der Waals surface area (Å²) < 4.78 is 6.48. The Kier molecular flexibility index (Phi) is 6.00. The Morgan fingerprint density at radius 3 is 2.65 bits per heavy atom. The van der Waals surface area contributed by atoms with Gasteiger partial charge in [0.2, 0.25) is 0 Å². The van der Waals surface area contributed by atoms with Crippen molar-refractivity contribution in [2.45, 2.75) is 26.8 Å². The topological polar surface area (TPSA) is 12.5 Å². The Hall–Kier alpha value is -0.540. The van der Waals surface area contributed by atoms with Gasteiger partial charge in [-0.05, 0) is 44.1 Å². The smallest absolute Gasteiger partial charge is 0.123 e. The first-order valence-corrected chi connectivity index (χ1v) is 6.83. The van der Waals surface area contributed by atoms with E-state index in [9.17, 15) is 0 Å². The van der Waals surface area contributed by atoms with Crippen molar-refractivity contribution in [1.82, 2.24) is 4.90 Å². The van der Waals surface area contributed by atoms with Gasteiger partial charge in [0.25, 0.3) is 0 Å².